The van der Waals surface area contributed by atoms with Crippen LogP contribution in [-0.2, 0) is 20.9 Å². The van der Waals surface area contributed by atoms with Gasteiger partial charge in [-0.05, 0) is 59.0 Å². The van der Waals surface area contributed by atoms with Gasteiger partial charge in [0.25, 0.3) is 0 Å². The average Bonchev–Trinajstić information content (AvgIpc) is 3.29. The highest BCUT2D eigenvalue weighted by Crippen LogP contribution is 2.40. The number of likely N-dealkylation sites (tertiary alicyclic amines) is 2. The Kier molecular flexibility index (Phi) is 11.8. The van der Waals surface area contributed by atoms with Crippen LogP contribution in [0.4, 0.5) is 26.3 Å². The van der Waals surface area contributed by atoms with Crippen molar-refractivity contribution in [3.8, 4) is 0 Å². The third-order valence-electron chi connectivity index (χ3n) is 5.73. The number of amides is 1. The molecule has 8 nitrogen and oxygen atoms in total. The lowest BCUT2D eigenvalue weighted by molar-refractivity contribution is -0.193. The van der Waals surface area contributed by atoms with Crippen molar-refractivity contribution in [3.63, 3.8) is 0 Å². The molecule has 37 heavy (non-hydrogen) atoms. The number of halogens is 6. The molecule has 0 aromatic carbocycles. The number of piperidine rings is 1. The Balaban J connectivity index is 0.000000404. The van der Waals surface area contributed by atoms with Crippen molar-refractivity contribution in [2.45, 2.75) is 45.1 Å². The number of aryl methyl sites for hydroxylation is 1. The lowest BCUT2D eigenvalue weighted by Gasteiger charge is -2.39. The highest BCUT2D eigenvalue weighted by Gasteiger charge is 2.48. The van der Waals surface area contributed by atoms with Crippen LogP contribution in [0.2, 0.25) is 0 Å². The summed E-state index contributed by atoms with van der Waals surface area (Å²) in [4.78, 5) is 40.3. The molecule has 212 valence electrons. The van der Waals surface area contributed by atoms with Gasteiger partial charge in [-0.25, -0.2) is 9.59 Å². The van der Waals surface area contributed by atoms with Crippen molar-refractivity contribution in [2.75, 3.05) is 46.8 Å². The second-order valence-corrected chi connectivity index (χ2v) is 10.4. The number of thiophene rings is 1. The summed E-state index contributed by atoms with van der Waals surface area (Å²) in [6, 6.07) is 4.44. The topological polar surface area (TPSA) is 101 Å². The first-order chi connectivity index (χ1) is 16.9. The van der Waals surface area contributed by atoms with Gasteiger partial charge in [-0.1, -0.05) is 0 Å². The molecule has 0 saturated carbocycles. The van der Waals surface area contributed by atoms with Crippen molar-refractivity contribution >= 4 is 29.2 Å². The number of carbonyl (C=O) groups is 3. The van der Waals surface area contributed by atoms with E-state index < -0.39 is 24.3 Å². The van der Waals surface area contributed by atoms with E-state index in [-0.39, 0.29) is 5.41 Å². The van der Waals surface area contributed by atoms with Gasteiger partial charge in [0.15, 0.2) is 0 Å². The van der Waals surface area contributed by atoms with E-state index in [2.05, 4.69) is 47.9 Å². The summed E-state index contributed by atoms with van der Waals surface area (Å²) >= 11 is 1.88. The first-order valence-electron chi connectivity index (χ1n) is 11.2. The standard InChI is InChI=1S/C18H29N3OS.2C2HF3O2/c1-15-5-6-16(23-15)13-20-9-4-7-18(14-20)8-10-21(17(18)22)12-11-19(2)3;2*3-2(4,5)1(6)7/h5-6H,4,7-14H2,1-3H3;2*(H,6,7). The lowest BCUT2D eigenvalue weighted by Crippen LogP contribution is -2.48. The molecule has 1 amide bonds. The van der Waals surface area contributed by atoms with Crippen LogP contribution in [0.3, 0.4) is 0 Å². The van der Waals surface area contributed by atoms with Crippen LogP contribution in [0, 0.1) is 12.3 Å². The highest BCUT2D eigenvalue weighted by molar-refractivity contribution is 7.11. The van der Waals surface area contributed by atoms with Gasteiger partial charge in [-0.3, -0.25) is 9.69 Å². The van der Waals surface area contributed by atoms with Crippen LogP contribution in [0.5, 0.6) is 0 Å². The van der Waals surface area contributed by atoms with E-state index in [0.717, 1.165) is 58.5 Å². The fourth-order valence-electron chi connectivity index (χ4n) is 3.96. The maximum Gasteiger partial charge on any atom is 0.490 e. The van der Waals surface area contributed by atoms with E-state index in [0.29, 0.717) is 5.91 Å². The van der Waals surface area contributed by atoms with E-state index in [1.165, 1.54) is 9.75 Å². The minimum absolute atomic E-state index is 0.100. The second kappa shape index (κ2) is 13.4. The third-order valence-corrected chi connectivity index (χ3v) is 6.72. The Morgan fingerprint density at radius 1 is 1.03 bits per heavy atom. The summed E-state index contributed by atoms with van der Waals surface area (Å²) in [6.45, 7) is 8.02. The molecule has 1 unspecified atom stereocenters. The molecule has 0 bridgehead atoms. The molecule has 3 rings (SSSR count). The Morgan fingerprint density at radius 3 is 2.00 bits per heavy atom. The summed E-state index contributed by atoms with van der Waals surface area (Å²) in [7, 11) is 4.14. The van der Waals surface area contributed by atoms with Crippen molar-refractivity contribution < 1.29 is 50.9 Å². The molecule has 2 saturated heterocycles. The third kappa shape index (κ3) is 10.9. The number of nitrogens with zero attached hydrogens (tertiary/aromatic N) is 3. The van der Waals surface area contributed by atoms with E-state index in [1.807, 2.05) is 11.3 Å². The number of carboxylic acid groups (broad SMARTS) is 2. The van der Waals surface area contributed by atoms with Crippen molar-refractivity contribution in [3.05, 3.63) is 21.9 Å². The van der Waals surface area contributed by atoms with E-state index in [9.17, 15) is 31.1 Å². The highest BCUT2D eigenvalue weighted by atomic mass is 32.1. The molecule has 2 aliphatic rings. The van der Waals surface area contributed by atoms with Gasteiger partial charge in [-0.2, -0.15) is 26.3 Å². The zero-order valence-electron chi connectivity index (χ0n) is 20.7. The van der Waals surface area contributed by atoms with Gasteiger partial charge in [0.1, 0.15) is 0 Å². The fraction of sp³-hybridized carbons (Fsp3) is 0.682. The van der Waals surface area contributed by atoms with Gasteiger partial charge < -0.3 is 20.0 Å². The smallest absolute Gasteiger partial charge is 0.475 e. The van der Waals surface area contributed by atoms with Crippen LogP contribution >= 0.6 is 11.3 Å². The van der Waals surface area contributed by atoms with Gasteiger partial charge in [0, 0.05) is 42.5 Å². The van der Waals surface area contributed by atoms with Crippen LogP contribution < -0.4 is 0 Å². The van der Waals surface area contributed by atoms with Gasteiger partial charge >= 0.3 is 24.3 Å². The molecular formula is C22H31F6N3O5S. The van der Waals surface area contributed by atoms with Crippen LogP contribution in [-0.4, -0.2) is 102 Å². The number of hydrogen-bond donors (Lipinski definition) is 2. The van der Waals surface area contributed by atoms with Crippen LogP contribution in [0.1, 0.15) is 29.0 Å². The molecule has 1 aromatic rings. The Bertz CT molecular complexity index is 897. The lowest BCUT2D eigenvalue weighted by atomic mass is 9.78. The van der Waals surface area contributed by atoms with Crippen LogP contribution in [0.15, 0.2) is 12.1 Å². The minimum atomic E-state index is -5.08. The van der Waals surface area contributed by atoms with Crippen molar-refractivity contribution in [1.82, 2.24) is 14.7 Å². The summed E-state index contributed by atoms with van der Waals surface area (Å²) in [6.07, 6.45) is -6.90. The molecular weight excluding hydrogens is 532 g/mol. The Morgan fingerprint density at radius 2 is 1.57 bits per heavy atom. The molecule has 1 spiro atoms. The first-order valence-corrected chi connectivity index (χ1v) is 12.0. The zero-order chi connectivity index (χ0) is 28.6. The predicted molar refractivity (Wildman–Crippen MR) is 123 cm³/mol. The molecule has 0 aliphatic carbocycles. The number of likely N-dealkylation sites (N-methyl/N-ethyl adjacent to an activating group) is 1. The van der Waals surface area contributed by atoms with Gasteiger partial charge in [0.2, 0.25) is 5.91 Å². The quantitative estimate of drug-likeness (QED) is 0.527. The summed E-state index contributed by atoms with van der Waals surface area (Å²) in [5.41, 5.74) is -0.100. The molecule has 2 fully saturated rings. The normalized spacial score (nSPS) is 20.4. The maximum absolute atomic E-state index is 13.0. The van der Waals surface area contributed by atoms with E-state index >= 15 is 0 Å². The number of rotatable bonds is 5. The maximum atomic E-state index is 13.0. The Labute approximate surface area is 214 Å². The second-order valence-electron chi connectivity index (χ2n) is 9.06. The number of aliphatic carboxylic acids is 2. The van der Waals surface area contributed by atoms with Gasteiger partial charge in [-0.15, -0.1) is 11.3 Å². The monoisotopic (exact) mass is 563 g/mol. The molecule has 1 atom stereocenters. The first kappa shape index (κ1) is 32.6. The Hall–Kier alpha value is -2.39. The fourth-order valence-corrected chi connectivity index (χ4v) is 4.89. The molecule has 15 heteroatoms. The minimum Gasteiger partial charge on any atom is -0.475 e. The molecule has 0 radical (unpaired) electrons. The molecule has 3 heterocycles. The SMILES string of the molecule is Cc1ccc(CN2CCCC3(CCN(CCN(C)C)C3=O)C2)s1.O=C(O)C(F)(F)F.O=C(O)C(F)(F)F. The average molecular weight is 564 g/mol. The molecule has 1 aromatic heterocycles. The number of alkyl halides is 6. The number of carbonyl (C=O) groups excluding carboxylic acids is 1. The molecule has 2 N–H and O–H groups in total. The zero-order valence-corrected chi connectivity index (χ0v) is 21.5. The number of hydrogen-bond acceptors (Lipinski definition) is 6. The summed E-state index contributed by atoms with van der Waals surface area (Å²) in [5.74, 6) is -5.11. The van der Waals surface area contributed by atoms with Crippen molar-refractivity contribution in [2.24, 2.45) is 5.41 Å². The summed E-state index contributed by atoms with van der Waals surface area (Å²) in [5, 5.41) is 14.2. The van der Waals surface area contributed by atoms with Crippen LogP contribution in [0.25, 0.3) is 0 Å². The van der Waals surface area contributed by atoms with Gasteiger partial charge in [0.05, 0.1) is 5.41 Å². The largest absolute Gasteiger partial charge is 0.490 e. The van der Waals surface area contributed by atoms with Crippen molar-refractivity contribution in [1.29, 1.82) is 0 Å². The summed E-state index contributed by atoms with van der Waals surface area (Å²) < 4.78 is 63.5. The van der Waals surface area contributed by atoms with E-state index in [4.69, 9.17) is 19.8 Å². The number of carboxylic acids is 2. The van der Waals surface area contributed by atoms with E-state index in [1.54, 1.807) is 0 Å². The molecule has 2 aliphatic heterocycles. The predicted octanol–water partition coefficient (Wildman–Crippen LogP) is 3.70.